The highest BCUT2D eigenvalue weighted by atomic mass is 35.5. The lowest BCUT2D eigenvalue weighted by Crippen LogP contribution is -2.20. The van der Waals surface area contributed by atoms with Crippen LogP contribution in [0.3, 0.4) is 0 Å². The summed E-state index contributed by atoms with van der Waals surface area (Å²) in [5, 5.41) is 7.03. The number of ether oxygens (including phenoxy) is 2. The van der Waals surface area contributed by atoms with Gasteiger partial charge in [0, 0.05) is 34.9 Å². The van der Waals surface area contributed by atoms with Crippen LogP contribution in [0.15, 0.2) is 61.7 Å². The lowest BCUT2D eigenvalue weighted by molar-refractivity contribution is 0.146. The Labute approximate surface area is 196 Å². The number of methoxy groups -OCH3 is 1. The lowest BCUT2D eigenvalue weighted by atomic mass is 9.91. The van der Waals surface area contributed by atoms with Crippen molar-refractivity contribution in [2.24, 2.45) is 0 Å². The third-order valence-electron chi connectivity index (χ3n) is 4.93. The molecule has 0 aliphatic rings. The molecule has 166 valence electrons. The molecule has 0 fully saturated rings. The van der Waals surface area contributed by atoms with Crippen LogP contribution in [0, 0.1) is 0 Å². The number of hydrogen-bond donors (Lipinski definition) is 1. The number of rotatable bonds is 9. The van der Waals surface area contributed by atoms with Gasteiger partial charge in [-0.2, -0.15) is 0 Å². The van der Waals surface area contributed by atoms with Crippen molar-refractivity contribution in [2.75, 3.05) is 26.9 Å². The molecule has 3 rings (SSSR count). The highest BCUT2D eigenvalue weighted by molar-refractivity contribution is 6.36. The number of hydrogen-bond acceptors (Lipinski definition) is 3. The summed E-state index contributed by atoms with van der Waals surface area (Å²) in [5.74, 6) is 0.834. The van der Waals surface area contributed by atoms with Crippen molar-refractivity contribution in [3.8, 4) is 16.9 Å². The number of benzene rings is 3. The standard InChI is InChI=1S/C24H27Cl2NO2.C2H4/c1-4-11-27-16(2)21-14-17-7-5-6-8-19(17)23(24(21)29-13-12-28-3)20-10-9-18(25)15-22(20)26;1-2/h5-10,14-16,27H,4,11-13H2,1-3H3;1-2H2. The average molecular weight is 460 g/mol. The van der Waals surface area contributed by atoms with Gasteiger partial charge in [-0.25, -0.2) is 0 Å². The van der Waals surface area contributed by atoms with Gasteiger partial charge in [0.05, 0.1) is 11.6 Å². The summed E-state index contributed by atoms with van der Waals surface area (Å²) in [6.07, 6.45) is 1.06. The van der Waals surface area contributed by atoms with E-state index in [-0.39, 0.29) is 6.04 Å². The topological polar surface area (TPSA) is 30.5 Å². The Morgan fingerprint density at radius 2 is 1.77 bits per heavy atom. The third-order valence-corrected chi connectivity index (χ3v) is 5.48. The minimum Gasteiger partial charge on any atom is -0.490 e. The molecular formula is C26H31Cl2NO2. The van der Waals surface area contributed by atoms with E-state index in [4.69, 9.17) is 32.7 Å². The number of nitrogens with one attached hydrogen (secondary N) is 1. The summed E-state index contributed by atoms with van der Waals surface area (Å²) >= 11 is 12.8. The minimum absolute atomic E-state index is 0.127. The first-order valence-electron chi connectivity index (χ1n) is 10.4. The molecule has 0 heterocycles. The first kappa shape index (κ1) is 25.2. The Balaban J connectivity index is 0.00000166. The molecule has 3 aromatic rings. The maximum Gasteiger partial charge on any atom is 0.132 e. The van der Waals surface area contributed by atoms with E-state index in [2.05, 4.69) is 56.6 Å². The summed E-state index contributed by atoms with van der Waals surface area (Å²) in [6, 6.07) is 16.2. The zero-order valence-electron chi connectivity index (χ0n) is 18.5. The molecule has 0 radical (unpaired) electrons. The zero-order chi connectivity index (χ0) is 22.8. The van der Waals surface area contributed by atoms with Gasteiger partial charge in [-0.1, -0.05) is 60.5 Å². The molecule has 1 unspecified atom stereocenters. The fraction of sp³-hybridized carbons (Fsp3) is 0.308. The summed E-state index contributed by atoms with van der Waals surface area (Å²) in [7, 11) is 1.67. The van der Waals surface area contributed by atoms with Gasteiger partial charge in [0.25, 0.3) is 0 Å². The van der Waals surface area contributed by atoms with Crippen LogP contribution in [0.2, 0.25) is 10.0 Å². The smallest absolute Gasteiger partial charge is 0.132 e. The van der Waals surface area contributed by atoms with Crippen LogP contribution >= 0.6 is 23.2 Å². The van der Waals surface area contributed by atoms with E-state index in [1.165, 1.54) is 0 Å². The quantitative estimate of drug-likeness (QED) is 0.262. The van der Waals surface area contributed by atoms with Gasteiger partial charge in [0.2, 0.25) is 0 Å². The van der Waals surface area contributed by atoms with E-state index in [0.717, 1.165) is 46.2 Å². The highest BCUT2D eigenvalue weighted by Gasteiger charge is 2.21. The zero-order valence-corrected chi connectivity index (χ0v) is 20.0. The summed E-state index contributed by atoms with van der Waals surface area (Å²) in [4.78, 5) is 0. The summed E-state index contributed by atoms with van der Waals surface area (Å²) < 4.78 is 11.5. The summed E-state index contributed by atoms with van der Waals surface area (Å²) in [5.41, 5.74) is 3.00. The van der Waals surface area contributed by atoms with E-state index in [1.807, 2.05) is 18.2 Å². The van der Waals surface area contributed by atoms with Crippen LogP contribution in [0.25, 0.3) is 21.9 Å². The second-order valence-corrected chi connectivity index (χ2v) is 7.88. The Bertz CT molecular complexity index is 991. The van der Waals surface area contributed by atoms with Gasteiger partial charge >= 0.3 is 0 Å². The van der Waals surface area contributed by atoms with Crippen molar-refractivity contribution in [2.45, 2.75) is 26.3 Å². The molecule has 0 saturated heterocycles. The van der Waals surface area contributed by atoms with Gasteiger partial charge < -0.3 is 14.8 Å². The summed E-state index contributed by atoms with van der Waals surface area (Å²) in [6.45, 7) is 12.2. The SMILES string of the molecule is C=C.CCCNC(C)c1cc2ccccc2c(-c2ccc(Cl)cc2Cl)c1OCCOC. The monoisotopic (exact) mass is 459 g/mol. The maximum absolute atomic E-state index is 6.63. The predicted octanol–water partition coefficient (Wildman–Crippen LogP) is 7.70. The van der Waals surface area contributed by atoms with Crippen LogP contribution in [0.4, 0.5) is 0 Å². The third kappa shape index (κ3) is 6.24. The molecule has 3 aromatic carbocycles. The van der Waals surface area contributed by atoms with Gasteiger partial charge in [-0.3, -0.25) is 0 Å². The Hall–Kier alpha value is -2.04. The van der Waals surface area contributed by atoms with Crippen LogP contribution in [-0.4, -0.2) is 26.9 Å². The van der Waals surface area contributed by atoms with Crippen LogP contribution in [-0.2, 0) is 4.74 Å². The van der Waals surface area contributed by atoms with E-state index < -0.39 is 0 Å². The molecule has 0 saturated carbocycles. The van der Waals surface area contributed by atoms with Gasteiger partial charge in [0.15, 0.2) is 0 Å². The van der Waals surface area contributed by atoms with Gasteiger partial charge in [-0.15, -0.1) is 13.2 Å². The molecule has 0 aliphatic heterocycles. The van der Waals surface area contributed by atoms with Crippen molar-refractivity contribution in [1.29, 1.82) is 0 Å². The highest BCUT2D eigenvalue weighted by Crippen LogP contribution is 2.45. The molecule has 0 aliphatic carbocycles. The van der Waals surface area contributed by atoms with Crippen molar-refractivity contribution in [1.82, 2.24) is 5.32 Å². The molecule has 3 nitrogen and oxygen atoms in total. The van der Waals surface area contributed by atoms with E-state index in [0.29, 0.717) is 23.3 Å². The molecule has 1 atom stereocenters. The number of fused-ring (bicyclic) bond motifs is 1. The number of halogens is 2. The minimum atomic E-state index is 0.127. The second-order valence-electron chi connectivity index (χ2n) is 7.03. The van der Waals surface area contributed by atoms with Gasteiger partial charge in [-0.05, 0) is 48.9 Å². The Morgan fingerprint density at radius 1 is 1.03 bits per heavy atom. The van der Waals surface area contributed by atoms with Crippen LogP contribution in [0.1, 0.15) is 31.9 Å². The maximum atomic E-state index is 6.63. The van der Waals surface area contributed by atoms with Crippen LogP contribution in [0.5, 0.6) is 5.75 Å². The van der Waals surface area contributed by atoms with Crippen molar-refractivity contribution < 1.29 is 9.47 Å². The van der Waals surface area contributed by atoms with E-state index >= 15 is 0 Å². The van der Waals surface area contributed by atoms with E-state index in [9.17, 15) is 0 Å². The Kier molecular flexibility index (Phi) is 10.4. The molecule has 0 bridgehead atoms. The normalized spacial score (nSPS) is 11.6. The lowest BCUT2D eigenvalue weighted by Gasteiger charge is -2.23. The van der Waals surface area contributed by atoms with Crippen molar-refractivity contribution in [3.05, 3.63) is 77.3 Å². The molecule has 0 amide bonds. The van der Waals surface area contributed by atoms with Crippen molar-refractivity contribution in [3.63, 3.8) is 0 Å². The predicted molar refractivity (Wildman–Crippen MR) is 135 cm³/mol. The van der Waals surface area contributed by atoms with Crippen molar-refractivity contribution >= 4 is 34.0 Å². The first-order chi connectivity index (χ1) is 15.1. The molecular weight excluding hydrogens is 429 g/mol. The average Bonchev–Trinajstić information content (AvgIpc) is 2.79. The van der Waals surface area contributed by atoms with Gasteiger partial charge in [0.1, 0.15) is 12.4 Å². The Morgan fingerprint density at radius 3 is 2.45 bits per heavy atom. The van der Waals surface area contributed by atoms with Crippen LogP contribution < -0.4 is 10.1 Å². The van der Waals surface area contributed by atoms with E-state index in [1.54, 1.807) is 13.2 Å². The molecule has 5 heteroatoms. The molecule has 31 heavy (non-hydrogen) atoms. The first-order valence-corrected chi connectivity index (χ1v) is 11.2. The second kappa shape index (κ2) is 12.7. The molecule has 1 N–H and O–H groups in total. The fourth-order valence-corrected chi connectivity index (χ4v) is 3.99. The molecule has 0 spiro atoms. The fourth-order valence-electron chi connectivity index (χ4n) is 3.48. The largest absolute Gasteiger partial charge is 0.490 e. The molecule has 0 aromatic heterocycles.